The van der Waals surface area contributed by atoms with Crippen LogP contribution in [0.25, 0.3) is 11.1 Å². The van der Waals surface area contributed by atoms with Crippen molar-refractivity contribution in [2.24, 2.45) is 0 Å². The van der Waals surface area contributed by atoms with E-state index in [0.717, 1.165) is 24.0 Å². The average Bonchev–Trinajstić information content (AvgIpc) is 3.26. The maximum absolute atomic E-state index is 13.5. The molecule has 2 atom stereocenters. The second-order valence-electron chi connectivity index (χ2n) is 10.7. The molecule has 43 heavy (non-hydrogen) atoms. The molecule has 2 aliphatic heterocycles. The van der Waals surface area contributed by atoms with Crippen molar-refractivity contribution >= 4 is 11.9 Å². The van der Waals surface area contributed by atoms with E-state index in [0.29, 0.717) is 43.3 Å². The molecule has 6 nitrogen and oxygen atoms in total. The molecule has 2 saturated heterocycles. The maximum Gasteiger partial charge on any atom is 0.416 e. The quantitative estimate of drug-likeness (QED) is 0.256. The van der Waals surface area contributed by atoms with Crippen molar-refractivity contribution in [3.05, 3.63) is 83.0 Å². The van der Waals surface area contributed by atoms with Crippen LogP contribution in [0.3, 0.4) is 0 Å². The van der Waals surface area contributed by atoms with Crippen molar-refractivity contribution in [3.8, 4) is 11.1 Å². The highest BCUT2D eigenvalue weighted by molar-refractivity contribution is 5.72. The van der Waals surface area contributed by atoms with Crippen LogP contribution in [-0.2, 0) is 28.4 Å². The molecule has 1 amide bonds. The topological polar surface area (TPSA) is 54.9 Å². The zero-order chi connectivity index (χ0) is 30.9. The fourth-order valence-electron chi connectivity index (χ4n) is 5.73. The predicted octanol–water partition coefficient (Wildman–Crippen LogP) is 7.87. The number of rotatable bonds is 7. The van der Waals surface area contributed by atoms with E-state index in [2.05, 4.69) is 4.90 Å². The Morgan fingerprint density at radius 2 is 1.56 bits per heavy atom. The Balaban J connectivity index is 1.51. The first kappa shape index (κ1) is 30.7. The smallest absolute Gasteiger partial charge is 0.416 e. The summed E-state index contributed by atoms with van der Waals surface area (Å²) < 4.78 is 92.2. The Hall–Kier alpha value is -3.80. The summed E-state index contributed by atoms with van der Waals surface area (Å²) in [6, 6.07) is 12.0. The lowest BCUT2D eigenvalue weighted by Crippen LogP contribution is -2.41. The van der Waals surface area contributed by atoms with Gasteiger partial charge in [-0.3, -0.25) is 4.90 Å². The van der Waals surface area contributed by atoms with E-state index in [9.17, 15) is 31.1 Å². The second-order valence-corrected chi connectivity index (χ2v) is 10.7. The third-order valence-electron chi connectivity index (χ3n) is 7.97. The molecule has 0 N–H and O–H groups in total. The third kappa shape index (κ3) is 6.58. The number of pyridine rings is 1. The number of ether oxygens (including phenoxy) is 2. The number of halogens is 6. The molecule has 3 aromatic rings. The van der Waals surface area contributed by atoms with Crippen LogP contribution in [0.5, 0.6) is 0 Å². The molecule has 12 heteroatoms. The van der Waals surface area contributed by atoms with Crippen molar-refractivity contribution in [2.75, 3.05) is 24.7 Å². The average molecular weight is 608 g/mol. The van der Waals surface area contributed by atoms with E-state index in [1.54, 1.807) is 13.1 Å². The van der Waals surface area contributed by atoms with Gasteiger partial charge in [0.2, 0.25) is 0 Å². The van der Waals surface area contributed by atoms with Gasteiger partial charge in [0.15, 0.2) is 0 Å². The summed E-state index contributed by atoms with van der Waals surface area (Å²) in [4.78, 5) is 21.4. The minimum Gasteiger partial charge on any atom is -0.439 e. The first-order valence-electron chi connectivity index (χ1n) is 14.0. The largest absolute Gasteiger partial charge is 0.439 e. The van der Waals surface area contributed by atoms with Gasteiger partial charge < -0.3 is 14.4 Å². The summed E-state index contributed by atoms with van der Waals surface area (Å²) >= 11 is 0. The van der Waals surface area contributed by atoms with Crippen molar-refractivity contribution in [1.29, 1.82) is 0 Å². The fraction of sp³-hybridized carbons (Fsp3) is 0.419. The fourth-order valence-corrected chi connectivity index (χ4v) is 5.73. The van der Waals surface area contributed by atoms with Crippen molar-refractivity contribution < 1.29 is 40.6 Å². The van der Waals surface area contributed by atoms with E-state index >= 15 is 0 Å². The monoisotopic (exact) mass is 607 g/mol. The number of carbonyl (C=O) groups excluding carboxylic acids is 1. The molecule has 0 aliphatic carbocycles. The summed E-state index contributed by atoms with van der Waals surface area (Å²) in [5.74, 6) is 0.649. The molecule has 0 spiro atoms. The van der Waals surface area contributed by atoms with Gasteiger partial charge in [0.1, 0.15) is 11.9 Å². The number of cyclic esters (lactones) is 1. The standard InChI is InChI=1S/C31H31F6N3O3/c1-3-39(26-9-11-42-12-10-26)28-23(13-22(17-38-28)20-7-5-4-6-8-20)18-40-19(2)27(43-29(40)41)21-14-24(30(32,33)34)16-25(15-21)31(35,36)37/h4-8,13-17,19,26-27H,3,9-12,18H2,1-2H3/t19-,27-/m0/s1. The molecule has 5 rings (SSSR count). The lowest BCUT2D eigenvalue weighted by atomic mass is 9.97. The summed E-state index contributed by atoms with van der Waals surface area (Å²) in [5, 5.41) is 0. The van der Waals surface area contributed by atoms with Crippen LogP contribution in [0.1, 0.15) is 55.0 Å². The van der Waals surface area contributed by atoms with Crippen molar-refractivity contribution in [1.82, 2.24) is 9.88 Å². The zero-order valence-electron chi connectivity index (χ0n) is 23.6. The summed E-state index contributed by atoms with van der Waals surface area (Å²) in [6.07, 6.45) is -8.89. The van der Waals surface area contributed by atoms with Crippen LogP contribution in [0.2, 0.25) is 0 Å². The number of benzene rings is 2. The maximum atomic E-state index is 13.5. The first-order valence-corrected chi connectivity index (χ1v) is 14.0. The number of carbonyl (C=O) groups is 1. The molecule has 0 radical (unpaired) electrons. The van der Waals surface area contributed by atoms with Crippen molar-refractivity contribution in [3.63, 3.8) is 0 Å². The van der Waals surface area contributed by atoms with Gasteiger partial charge in [0, 0.05) is 43.1 Å². The molecule has 2 fully saturated rings. The predicted molar refractivity (Wildman–Crippen MR) is 147 cm³/mol. The van der Waals surface area contributed by atoms with Crippen molar-refractivity contribution in [2.45, 2.75) is 63.8 Å². The lowest BCUT2D eigenvalue weighted by Gasteiger charge is -2.36. The van der Waals surface area contributed by atoms with Gasteiger partial charge in [-0.1, -0.05) is 30.3 Å². The highest BCUT2D eigenvalue weighted by atomic mass is 19.4. The summed E-state index contributed by atoms with van der Waals surface area (Å²) in [6.45, 7) is 5.38. The lowest BCUT2D eigenvalue weighted by molar-refractivity contribution is -0.143. The summed E-state index contributed by atoms with van der Waals surface area (Å²) in [7, 11) is 0. The molecule has 0 saturated carbocycles. The van der Waals surface area contributed by atoms with Gasteiger partial charge in [-0.2, -0.15) is 26.3 Å². The Bertz CT molecular complexity index is 1410. The van der Waals surface area contributed by atoms with Gasteiger partial charge in [-0.05, 0) is 62.1 Å². The molecular formula is C31H31F6N3O3. The Morgan fingerprint density at radius 1 is 0.930 bits per heavy atom. The number of alkyl halides is 6. The molecule has 230 valence electrons. The minimum absolute atomic E-state index is 0.00961. The molecule has 0 unspecified atom stereocenters. The second kappa shape index (κ2) is 12.1. The van der Waals surface area contributed by atoms with E-state index in [1.165, 1.54) is 4.90 Å². The number of anilines is 1. The van der Waals surface area contributed by atoms with Crippen LogP contribution in [0.4, 0.5) is 37.0 Å². The molecule has 2 aromatic carbocycles. The number of hydrogen-bond donors (Lipinski definition) is 0. The highest BCUT2D eigenvalue weighted by Gasteiger charge is 2.43. The highest BCUT2D eigenvalue weighted by Crippen LogP contribution is 2.41. The molecule has 1 aromatic heterocycles. The van der Waals surface area contributed by atoms with Gasteiger partial charge in [0.05, 0.1) is 23.7 Å². The van der Waals surface area contributed by atoms with Gasteiger partial charge >= 0.3 is 18.4 Å². The van der Waals surface area contributed by atoms with Gasteiger partial charge in [0.25, 0.3) is 0 Å². The molecule has 3 heterocycles. The van der Waals surface area contributed by atoms with E-state index < -0.39 is 41.7 Å². The van der Waals surface area contributed by atoms with E-state index in [4.69, 9.17) is 14.5 Å². The zero-order valence-corrected chi connectivity index (χ0v) is 23.6. The first-order chi connectivity index (χ1) is 20.4. The Morgan fingerprint density at radius 3 is 2.14 bits per heavy atom. The SMILES string of the molecule is CCN(c1ncc(-c2ccccc2)cc1CN1C(=O)O[C@H](c2cc(C(F)(F)F)cc(C(F)(F)F)c2)[C@@H]1C)C1CCOCC1. The number of aromatic nitrogens is 1. The Kier molecular flexibility index (Phi) is 8.60. The number of nitrogens with zero attached hydrogens (tertiary/aromatic N) is 3. The number of hydrogen-bond acceptors (Lipinski definition) is 5. The van der Waals surface area contributed by atoms with Crippen LogP contribution in [-0.4, -0.2) is 47.8 Å². The Labute approximate surface area is 245 Å². The minimum atomic E-state index is -5.02. The van der Waals surface area contributed by atoms with E-state index in [-0.39, 0.29) is 24.2 Å². The van der Waals surface area contributed by atoms with E-state index in [1.807, 2.05) is 43.3 Å². The van der Waals surface area contributed by atoms with Gasteiger partial charge in [-0.25, -0.2) is 9.78 Å². The van der Waals surface area contributed by atoms with Crippen LogP contribution in [0, 0.1) is 0 Å². The van der Waals surface area contributed by atoms with Crippen LogP contribution >= 0.6 is 0 Å². The summed E-state index contributed by atoms with van der Waals surface area (Å²) in [5.41, 5.74) is -0.923. The normalized spacial score (nSPS) is 19.9. The molecular weight excluding hydrogens is 576 g/mol. The third-order valence-corrected chi connectivity index (χ3v) is 7.97. The molecule has 2 aliphatic rings. The molecule has 0 bridgehead atoms. The van der Waals surface area contributed by atoms with Crippen LogP contribution < -0.4 is 4.90 Å². The van der Waals surface area contributed by atoms with Gasteiger partial charge in [-0.15, -0.1) is 0 Å². The number of amides is 1. The van der Waals surface area contributed by atoms with Crippen LogP contribution in [0.15, 0.2) is 60.8 Å².